The summed E-state index contributed by atoms with van der Waals surface area (Å²) in [5.41, 5.74) is 0. The highest BCUT2D eigenvalue weighted by Gasteiger charge is 2.19. The van der Waals surface area contributed by atoms with E-state index in [1.54, 1.807) is 0 Å². The molecule has 302 valence electrons. The van der Waals surface area contributed by atoms with Gasteiger partial charge in [0.05, 0.1) is 13.2 Å². The first-order chi connectivity index (χ1) is 25.8. The molecule has 0 aromatic rings. The number of ether oxygens (including phenoxy) is 1. The maximum atomic E-state index is 12.7. The summed E-state index contributed by atoms with van der Waals surface area (Å²) in [5, 5.41) is 22.5. The molecule has 0 spiro atoms. The SMILES string of the molecule is CC/C=C\C/C=C\C/C=C\C/C=C\CCCCC(CCCCCCCC(=O)NCC(=O)NC(CO)C(=O)O)OC(=O)CCCCCCC/C=C\CCC. The molecule has 9 nitrogen and oxygen atoms in total. The number of hydrogen-bond donors (Lipinski definition) is 4. The summed E-state index contributed by atoms with van der Waals surface area (Å²) in [5.74, 6) is -2.35. The number of carboxylic acids is 1. The number of unbranched alkanes of at least 4 members (excludes halogenated alkanes) is 12. The largest absolute Gasteiger partial charge is 0.480 e. The van der Waals surface area contributed by atoms with Crippen LogP contribution in [0.1, 0.15) is 168 Å². The second-order valence-corrected chi connectivity index (χ2v) is 13.7. The standard InChI is InChI=1S/C44H74N2O7/c1-3-5-7-9-11-13-15-16-17-18-19-20-22-25-29-33-39(53-43(50)36-32-28-23-21-14-12-10-8-6-4-2)34-30-26-24-27-31-35-41(48)45-37-42(49)46-40(38-47)44(51)52/h5,7-8,10-11,13,16-17,19-20,39-40,47H,3-4,6,9,12,14-15,18,21-38H2,1-2H3,(H,45,48)(H,46,49)(H,51,52)/b7-5-,10-8-,13-11-,17-16-,20-19-. The van der Waals surface area contributed by atoms with E-state index in [1.807, 2.05) is 0 Å². The predicted molar refractivity (Wildman–Crippen MR) is 217 cm³/mol. The number of nitrogens with one attached hydrogen (secondary N) is 2. The second kappa shape index (κ2) is 38.3. The molecule has 2 unspecified atom stereocenters. The Hall–Kier alpha value is -3.46. The van der Waals surface area contributed by atoms with Crippen LogP contribution in [0.4, 0.5) is 0 Å². The summed E-state index contributed by atoms with van der Waals surface area (Å²) in [6.07, 6.45) is 45.3. The third-order valence-corrected chi connectivity index (χ3v) is 8.73. The lowest BCUT2D eigenvalue weighted by Gasteiger charge is -2.18. The van der Waals surface area contributed by atoms with E-state index in [1.165, 1.54) is 19.3 Å². The third-order valence-electron chi connectivity index (χ3n) is 8.73. The molecule has 4 N–H and O–H groups in total. The summed E-state index contributed by atoms with van der Waals surface area (Å²) < 4.78 is 5.99. The molecule has 0 aliphatic rings. The second-order valence-electron chi connectivity index (χ2n) is 13.7. The van der Waals surface area contributed by atoms with Gasteiger partial charge in [0.15, 0.2) is 0 Å². The van der Waals surface area contributed by atoms with E-state index in [2.05, 4.69) is 85.2 Å². The zero-order valence-corrected chi connectivity index (χ0v) is 33.2. The molecule has 9 heteroatoms. The number of rotatable bonds is 36. The first-order valence-electron chi connectivity index (χ1n) is 20.7. The van der Waals surface area contributed by atoms with Gasteiger partial charge in [-0.2, -0.15) is 0 Å². The molecular formula is C44H74N2O7. The Kier molecular flexibility index (Phi) is 35.8. The van der Waals surface area contributed by atoms with Crippen LogP contribution in [0.25, 0.3) is 0 Å². The van der Waals surface area contributed by atoms with Crippen molar-refractivity contribution in [3.8, 4) is 0 Å². The molecular weight excluding hydrogens is 668 g/mol. The van der Waals surface area contributed by atoms with E-state index < -0.39 is 24.5 Å². The highest BCUT2D eigenvalue weighted by atomic mass is 16.5. The zero-order valence-electron chi connectivity index (χ0n) is 33.2. The van der Waals surface area contributed by atoms with E-state index in [4.69, 9.17) is 14.9 Å². The molecule has 2 atom stereocenters. The van der Waals surface area contributed by atoms with Gasteiger partial charge in [-0.3, -0.25) is 14.4 Å². The zero-order chi connectivity index (χ0) is 39.0. The molecule has 0 aliphatic heterocycles. The minimum absolute atomic E-state index is 0.0571. The molecule has 0 bridgehead atoms. The van der Waals surface area contributed by atoms with Gasteiger partial charge in [-0.15, -0.1) is 0 Å². The quantitative estimate of drug-likeness (QED) is 0.0284. The van der Waals surface area contributed by atoms with Gasteiger partial charge in [0.25, 0.3) is 0 Å². The Morgan fingerprint density at radius 3 is 1.68 bits per heavy atom. The minimum Gasteiger partial charge on any atom is -0.480 e. The van der Waals surface area contributed by atoms with Crippen LogP contribution in [0, 0.1) is 0 Å². The summed E-state index contributed by atoms with van der Waals surface area (Å²) in [4.78, 5) is 47.5. The number of aliphatic hydroxyl groups is 1. The van der Waals surface area contributed by atoms with Crippen LogP contribution in [0.3, 0.4) is 0 Å². The Balaban J connectivity index is 4.44. The van der Waals surface area contributed by atoms with Gasteiger partial charge in [-0.25, -0.2) is 4.79 Å². The van der Waals surface area contributed by atoms with Crippen LogP contribution in [-0.2, 0) is 23.9 Å². The van der Waals surface area contributed by atoms with Crippen LogP contribution in [0.15, 0.2) is 60.8 Å². The molecule has 0 rings (SSSR count). The maximum absolute atomic E-state index is 12.7. The minimum atomic E-state index is -1.39. The van der Waals surface area contributed by atoms with Crippen molar-refractivity contribution >= 4 is 23.8 Å². The van der Waals surface area contributed by atoms with E-state index in [0.29, 0.717) is 12.8 Å². The molecule has 0 aliphatic carbocycles. The van der Waals surface area contributed by atoms with Gasteiger partial charge in [-0.1, -0.05) is 120 Å². The van der Waals surface area contributed by atoms with Crippen molar-refractivity contribution in [1.82, 2.24) is 10.6 Å². The first kappa shape index (κ1) is 49.5. The van der Waals surface area contributed by atoms with E-state index in [0.717, 1.165) is 116 Å². The van der Waals surface area contributed by atoms with Crippen molar-refractivity contribution in [3.63, 3.8) is 0 Å². The van der Waals surface area contributed by atoms with Crippen molar-refractivity contribution in [2.45, 2.75) is 180 Å². The van der Waals surface area contributed by atoms with Crippen molar-refractivity contribution in [3.05, 3.63) is 60.8 Å². The lowest BCUT2D eigenvalue weighted by Crippen LogP contribution is -2.47. The van der Waals surface area contributed by atoms with Gasteiger partial charge >= 0.3 is 11.9 Å². The van der Waals surface area contributed by atoms with Crippen LogP contribution < -0.4 is 10.6 Å². The molecule has 0 saturated heterocycles. The first-order valence-corrected chi connectivity index (χ1v) is 20.7. The molecule has 2 amide bonds. The Labute approximate surface area is 321 Å². The van der Waals surface area contributed by atoms with Crippen LogP contribution in [0.2, 0.25) is 0 Å². The predicted octanol–water partition coefficient (Wildman–Crippen LogP) is 9.76. The molecule has 0 radical (unpaired) electrons. The van der Waals surface area contributed by atoms with Crippen LogP contribution in [0.5, 0.6) is 0 Å². The van der Waals surface area contributed by atoms with Crippen molar-refractivity contribution in [2.75, 3.05) is 13.2 Å². The van der Waals surface area contributed by atoms with Crippen LogP contribution >= 0.6 is 0 Å². The maximum Gasteiger partial charge on any atom is 0.328 e. The van der Waals surface area contributed by atoms with E-state index >= 15 is 0 Å². The average Bonchev–Trinajstić information content (AvgIpc) is 3.14. The Morgan fingerprint density at radius 1 is 0.585 bits per heavy atom. The molecule has 0 heterocycles. The molecule has 0 saturated carbocycles. The number of allylic oxidation sites excluding steroid dienone is 10. The molecule has 0 fully saturated rings. The number of esters is 1. The van der Waals surface area contributed by atoms with Crippen molar-refractivity contribution in [1.29, 1.82) is 0 Å². The third kappa shape index (κ3) is 35.3. The van der Waals surface area contributed by atoms with Crippen molar-refractivity contribution < 1.29 is 34.1 Å². The number of aliphatic carboxylic acids is 1. The number of carboxylic acid groups (broad SMARTS) is 1. The fourth-order valence-electron chi connectivity index (χ4n) is 5.59. The smallest absolute Gasteiger partial charge is 0.328 e. The molecule has 0 aromatic heterocycles. The van der Waals surface area contributed by atoms with Gasteiger partial charge in [-0.05, 0) is 96.3 Å². The average molecular weight is 743 g/mol. The number of carbonyl (C=O) groups is 4. The summed E-state index contributed by atoms with van der Waals surface area (Å²) >= 11 is 0. The number of hydrogen-bond acceptors (Lipinski definition) is 6. The van der Waals surface area contributed by atoms with Crippen molar-refractivity contribution in [2.24, 2.45) is 0 Å². The fourth-order valence-corrected chi connectivity index (χ4v) is 5.59. The Morgan fingerprint density at radius 2 is 1.08 bits per heavy atom. The van der Waals surface area contributed by atoms with Gasteiger partial charge in [0.1, 0.15) is 12.1 Å². The van der Waals surface area contributed by atoms with Gasteiger partial charge < -0.3 is 25.6 Å². The topological polar surface area (TPSA) is 142 Å². The number of aliphatic hydroxyl groups excluding tert-OH is 1. The highest BCUT2D eigenvalue weighted by molar-refractivity contribution is 5.87. The Bertz CT molecular complexity index is 1080. The summed E-state index contributed by atoms with van der Waals surface area (Å²) in [6.45, 7) is 3.29. The lowest BCUT2D eigenvalue weighted by molar-refractivity contribution is -0.150. The monoisotopic (exact) mass is 743 g/mol. The van der Waals surface area contributed by atoms with Crippen LogP contribution in [-0.4, -0.2) is 59.3 Å². The summed E-state index contributed by atoms with van der Waals surface area (Å²) in [6, 6.07) is -1.39. The van der Waals surface area contributed by atoms with Gasteiger partial charge in [0, 0.05) is 12.8 Å². The summed E-state index contributed by atoms with van der Waals surface area (Å²) in [7, 11) is 0. The molecule has 0 aromatic carbocycles. The highest BCUT2D eigenvalue weighted by Crippen LogP contribution is 2.18. The fraction of sp³-hybridized carbons (Fsp3) is 0.682. The van der Waals surface area contributed by atoms with E-state index in [-0.39, 0.29) is 30.9 Å². The van der Waals surface area contributed by atoms with Gasteiger partial charge in [0.2, 0.25) is 11.8 Å². The number of carbonyl (C=O) groups excluding carboxylic acids is 3. The normalized spacial score (nSPS) is 13.1. The number of amides is 2. The van der Waals surface area contributed by atoms with E-state index in [9.17, 15) is 19.2 Å². The molecule has 53 heavy (non-hydrogen) atoms. The lowest BCUT2D eigenvalue weighted by atomic mass is 10.0.